The van der Waals surface area contributed by atoms with Gasteiger partial charge < -0.3 is 15.1 Å². The Kier molecular flexibility index (Phi) is 6.76. The lowest BCUT2D eigenvalue weighted by Gasteiger charge is -2.35. The Morgan fingerprint density at radius 2 is 1.86 bits per heavy atom. The average molecular weight is 414 g/mol. The van der Waals surface area contributed by atoms with E-state index in [1.54, 1.807) is 10.5 Å². The number of benzene rings is 1. The van der Waals surface area contributed by atoms with Crippen molar-refractivity contribution in [3.63, 3.8) is 0 Å². The number of urea groups is 1. The Labute approximate surface area is 179 Å². The maximum absolute atomic E-state index is 11.8. The molecule has 2 aliphatic rings. The van der Waals surface area contributed by atoms with E-state index >= 15 is 0 Å². The third-order valence-electron chi connectivity index (χ3n) is 7.02. The summed E-state index contributed by atoms with van der Waals surface area (Å²) in [5.74, 6) is 1.56. The zero-order valence-electron chi connectivity index (χ0n) is 17.9. The first kappa shape index (κ1) is 20.7. The average Bonchev–Trinajstić information content (AvgIpc) is 3.22. The van der Waals surface area contributed by atoms with Crippen LogP contribution in [0, 0.1) is 5.92 Å². The van der Waals surface area contributed by atoms with Gasteiger partial charge in [-0.3, -0.25) is 0 Å². The van der Waals surface area contributed by atoms with Crippen LogP contribution in [0.4, 0.5) is 4.79 Å². The van der Waals surface area contributed by atoms with Gasteiger partial charge in [0.1, 0.15) is 0 Å². The molecule has 1 saturated carbocycles. The lowest BCUT2D eigenvalue weighted by Crippen LogP contribution is -2.43. The maximum Gasteiger partial charge on any atom is 0.317 e. The molecule has 1 aliphatic heterocycles. The van der Waals surface area contributed by atoms with Gasteiger partial charge in [0.05, 0.1) is 0 Å². The highest BCUT2D eigenvalue weighted by atomic mass is 32.1. The first-order valence-corrected chi connectivity index (χ1v) is 12.2. The zero-order valence-corrected chi connectivity index (χ0v) is 18.7. The van der Waals surface area contributed by atoms with Crippen molar-refractivity contribution in [3.8, 4) is 0 Å². The second-order valence-electron chi connectivity index (χ2n) is 9.19. The first-order valence-electron chi connectivity index (χ1n) is 11.2. The summed E-state index contributed by atoms with van der Waals surface area (Å²) in [7, 11) is 3.62. The Morgan fingerprint density at radius 3 is 2.59 bits per heavy atom. The van der Waals surface area contributed by atoms with E-state index in [2.05, 4.69) is 39.2 Å². The Bertz CT molecular complexity index is 801. The molecule has 1 aliphatic carbocycles. The number of nitrogens with one attached hydrogen (secondary N) is 1. The fourth-order valence-electron chi connectivity index (χ4n) is 5.10. The highest BCUT2D eigenvalue weighted by Gasteiger charge is 2.25. The predicted molar refractivity (Wildman–Crippen MR) is 123 cm³/mol. The summed E-state index contributed by atoms with van der Waals surface area (Å²) in [5, 5.41) is 10.6. The summed E-state index contributed by atoms with van der Waals surface area (Å²) in [5.41, 5.74) is 1.57. The van der Waals surface area contributed by atoms with Crippen molar-refractivity contribution in [3.05, 3.63) is 34.5 Å². The van der Waals surface area contributed by atoms with Crippen LogP contribution in [0.1, 0.15) is 56.4 Å². The van der Waals surface area contributed by atoms with Crippen LogP contribution in [0.3, 0.4) is 0 Å². The number of nitrogens with zero attached hydrogens (tertiary/aromatic N) is 2. The molecule has 0 spiro atoms. The number of hydrogen-bond donors (Lipinski definition) is 1. The molecule has 0 atom stereocenters. The molecule has 1 aromatic heterocycles. The molecule has 1 N–H and O–H groups in total. The molecular formula is C24H35N3OS. The lowest BCUT2D eigenvalue weighted by atomic mass is 9.83. The summed E-state index contributed by atoms with van der Waals surface area (Å²) < 4.78 is 0. The Morgan fingerprint density at radius 1 is 1.10 bits per heavy atom. The van der Waals surface area contributed by atoms with Crippen molar-refractivity contribution in [1.82, 2.24) is 15.1 Å². The molecule has 0 unspecified atom stereocenters. The van der Waals surface area contributed by atoms with Crippen molar-refractivity contribution in [1.29, 1.82) is 0 Å². The monoisotopic (exact) mass is 413 g/mol. The van der Waals surface area contributed by atoms with Gasteiger partial charge in [0, 0.05) is 20.1 Å². The summed E-state index contributed by atoms with van der Waals surface area (Å²) in [6.45, 7) is 3.72. The van der Waals surface area contributed by atoms with E-state index in [0.29, 0.717) is 6.04 Å². The summed E-state index contributed by atoms with van der Waals surface area (Å²) >= 11 is 1.82. The first-order chi connectivity index (χ1) is 14.1. The van der Waals surface area contributed by atoms with E-state index in [1.165, 1.54) is 62.5 Å². The third-order valence-corrected chi connectivity index (χ3v) is 7.78. The van der Waals surface area contributed by atoms with Gasteiger partial charge in [-0.15, -0.1) is 0 Å². The van der Waals surface area contributed by atoms with Crippen LogP contribution < -0.4 is 5.32 Å². The summed E-state index contributed by atoms with van der Waals surface area (Å²) in [6.07, 6.45) is 8.69. The normalized spacial score (nSPS) is 23.9. The standard InChI is InChI=1S/C24H35N3OS/c1-26(2)24(28)25-21-8-6-18(7-9-21)10-13-27-14-11-19(12-15-27)22-5-3-4-20-16-29-17-23(20)22/h3-5,16-19,21H,6-15H2,1-2H3,(H,25,28)/t18-,21-. The van der Waals surface area contributed by atoms with E-state index in [0.717, 1.165) is 24.7 Å². The molecule has 0 radical (unpaired) electrons. The molecule has 29 heavy (non-hydrogen) atoms. The highest BCUT2D eigenvalue weighted by molar-refractivity contribution is 7.09. The van der Waals surface area contributed by atoms with Crippen LogP contribution >= 0.6 is 11.3 Å². The van der Waals surface area contributed by atoms with Gasteiger partial charge in [0.15, 0.2) is 0 Å². The quantitative estimate of drug-likeness (QED) is 0.722. The van der Waals surface area contributed by atoms with Crippen LogP contribution in [0.15, 0.2) is 29.0 Å². The number of fused-ring (bicyclic) bond motifs is 1. The Balaban J connectivity index is 1.18. The van der Waals surface area contributed by atoms with Crippen molar-refractivity contribution >= 4 is 28.1 Å². The molecule has 1 saturated heterocycles. The lowest BCUT2D eigenvalue weighted by molar-refractivity contribution is 0.180. The van der Waals surface area contributed by atoms with Crippen molar-refractivity contribution in [2.24, 2.45) is 5.92 Å². The molecule has 2 aromatic rings. The van der Waals surface area contributed by atoms with Crippen LogP contribution in [0.25, 0.3) is 10.8 Å². The minimum absolute atomic E-state index is 0.0504. The largest absolute Gasteiger partial charge is 0.335 e. The van der Waals surface area contributed by atoms with Gasteiger partial charge in [-0.25, -0.2) is 4.79 Å². The molecule has 1 aromatic carbocycles. The van der Waals surface area contributed by atoms with Crippen LogP contribution in [0.2, 0.25) is 0 Å². The van der Waals surface area contributed by atoms with Gasteiger partial charge in [-0.1, -0.05) is 18.2 Å². The second kappa shape index (κ2) is 9.48. The number of hydrogen-bond acceptors (Lipinski definition) is 3. The minimum Gasteiger partial charge on any atom is -0.335 e. The van der Waals surface area contributed by atoms with E-state index in [4.69, 9.17) is 0 Å². The fraction of sp³-hybridized carbons (Fsp3) is 0.625. The van der Waals surface area contributed by atoms with Crippen LogP contribution in [-0.2, 0) is 0 Å². The smallest absolute Gasteiger partial charge is 0.317 e. The molecule has 2 fully saturated rings. The molecule has 5 heteroatoms. The molecular weight excluding hydrogens is 378 g/mol. The van der Waals surface area contributed by atoms with Gasteiger partial charge in [0.25, 0.3) is 0 Å². The topological polar surface area (TPSA) is 35.6 Å². The SMILES string of the molecule is CN(C)C(=O)N[C@H]1CC[C@H](CCN2CCC(c3cccc4cscc34)CC2)CC1. The predicted octanol–water partition coefficient (Wildman–Crippen LogP) is 5.30. The van der Waals surface area contributed by atoms with E-state index in [1.807, 2.05) is 25.4 Å². The van der Waals surface area contributed by atoms with Gasteiger partial charge >= 0.3 is 6.03 Å². The number of amides is 2. The number of likely N-dealkylation sites (tertiary alicyclic amines) is 1. The number of carbonyl (C=O) groups is 1. The molecule has 2 heterocycles. The third kappa shape index (κ3) is 5.13. The molecule has 158 valence electrons. The highest BCUT2D eigenvalue weighted by Crippen LogP contribution is 2.35. The number of thiophene rings is 1. The molecule has 0 bridgehead atoms. The Hall–Kier alpha value is -1.59. The summed E-state index contributed by atoms with van der Waals surface area (Å²) in [6, 6.07) is 7.24. The zero-order chi connectivity index (χ0) is 20.2. The number of piperidine rings is 1. The van der Waals surface area contributed by atoms with E-state index in [9.17, 15) is 4.79 Å². The maximum atomic E-state index is 11.8. The van der Waals surface area contributed by atoms with Gasteiger partial charge in [-0.2, -0.15) is 11.3 Å². The minimum atomic E-state index is 0.0504. The van der Waals surface area contributed by atoms with Crippen LogP contribution in [0.5, 0.6) is 0 Å². The number of carbonyl (C=O) groups excluding carboxylic acids is 1. The van der Waals surface area contributed by atoms with Gasteiger partial charge in [0.2, 0.25) is 0 Å². The van der Waals surface area contributed by atoms with E-state index < -0.39 is 0 Å². The van der Waals surface area contributed by atoms with Crippen molar-refractivity contribution in [2.45, 2.75) is 56.9 Å². The van der Waals surface area contributed by atoms with Crippen molar-refractivity contribution < 1.29 is 4.79 Å². The molecule has 4 rings (SSSR count). The summed E-state index contributed by atoms with van der Waals surface area (Å²) in [4.78, 5) is 16.1. The second-order valence-corrected chi connectivity index (χ2v) is 9.93. The van der Waals surface area contributed by atoms with Crippen LogP contribution in [-0.4, -0.2) is 55.6 Å². The van der Waals surface area contributed by atoms with Crippen molar-refractivity contribution in [2.75, 3.05) is 33.7 Å². The molecule has 4 nitrogen and oxygen atoms in total. The van der Waals surface area contributed by atoms with E-state index in [-0.39, 0.29) is 6.03 Å². The molecule has 2 amide bonds. The van der Waals surface area contributed by atoms with Gasteiger partial charge in [-0.05, 0) is 104 Å². The fourth-order valence-corrected chi connectivity index (χ4v) is 5.93. The number of rotatable bonds is 5.